The number of hydrogen-bond donors (Lipinski definition) is 0. The monoisotopic (exact) mass is 390 g/mol. The zero-order valence-corrected chi connectivity index (χ0v) is 13.0. The van der Waals surface area contributed by atoms with Gasteiger partial charge in [0.25, 0.3) is 0 Å². The van der Waals surface area contributed by atoms with Crippen molar-refractivity contribution in [1.82, 2.24) is 9.97 Å². The highest BCUT2D eigenvalue weighted by molar-refractivity contribution is 14.1. The molecule has 1 aliphatic rings. The third-order valence-electron chi connectivity index (χ3n) is 3.00. The van der Waals surface area contributed by atoms with Gasteiger partial charge in [0, 0.05) is 15.0 Å². The molecule has 0 amide bonds. The van der Waals surface area contributed by atoms with Gasteiger partial charge in [0.05, 0.1) is 17.5 Å². The fourth-order valence-corrected chi connectivity index (χ4v) is 3.26. The first-order valence-corrected chi connectivity index (χ1v) is 7.58. The molecule has 0 saturated carbocycles. The molecule has 1 unspecified atom stereocenters. The van der Waals surface area contributed by atoms with Crippen molar-refractivity contribution in [2.75, 3.05) is 6.61 Å². The van der Waals surface area contributed by atoms with Crippen molar-refractivity contribution >= 4 is 45.1 Å². The van der Waals surface area contributed by atoms with Gasteiger partial charge < -0.3 is 9.47 Å². The van der Waals surface area contributed by atoms with E-state index in [0.717, 1.165) is 40.3 Å². The van der Waals surface area contributed by atoms with Crippen molar-refractivity contribution < 1.29 is 9.47 Å². The molecular weight excluding hydrogens is 379 g/mol. The summed E-state index contributed by atoms with van der Waals surface area (Å²) < 4.78 is 12.4. The van der Waals surface area contributed by atoms with Gasteiger partial charge in [-0.1, -0.05) is 11.6 Å². The van der Waals surface area contributed by atoms with Crippen LogP contribution in [0, 0.1) is 3.57 Å². The van der Waals surface area contributed by atoms with Crippen molar-refractivity contribution in [3.63, 3.8) is 0 Å². The highest BCUT2D eigenvalue weighted by Crippen LogP contribution is 2.30. The lowest BCUT2D eigenvalue weighted by molar-refractivity contribution is -0.107. The Labute approximate surface area is 129 Å². The molecule has 1 aromatic carbocycles. The van der Waals surface area contributed by atoms with Crippen LogP contribution in [-0.2, 0) is 4.74 Å². The van der Waals surface area contributed by atoms with Gasteiger partial charge in [0.15, 0.2) is 0 Å². The van der Waals surface area contributed by atoms with Gasteiger partial charge in [0.1, 0.15) is 6.33 Å². The first kappa shape index (κ1) is 13.3. The van der Waals surface area contributed by atoms with Crippen molar-refractivity contribution in [1.29, 1.82) is 0 Å². The largest absolute Gasteiger partial charge is 0.447 e. The van der Waals surface area contributed by atoms with Gasteiger partial charge in [-0.15, -0.1) is 0 Å². The van der Waals surface area contributed by atoms with Gasteiger partial charge >= 0.3 is 0 Å². The minimum Gasteiger partial charge on any atom is -0.447 e. The first-order chi connectivity index (χ1) is 9.24. The van der Waals surface area contributed by atoms with E-state index >= 15 is 0 Å². The Kier molecular flexibility index (Phi) is 4.04. The number of aromatic nitrogens is 2. The molecule has 2 heterocycles. The molecule has 2 aromatic rings. The van der Waals surface area contributed by atoms with E-state index in [1.165, 1.54) is 6.33 Å². The fourth-order valence-electron chi connectivity index (χ4n) is 2.09. The standard InChI is InChI=1S/C13H12ClIN2O2/c14-8-5-9-12(10(15)6-8)16-7-17-13(9)19-11-3-1-2-4-18-11/h5-7,11H,1-4H2. The predicted octanol–water partition coefficient (Wildman–Crippen LogP) is 3.79. The van der Waals surface area contributed by atoms with E-state index < -0.39 is 0 Å². The van der Waals surface area contributed by atoms with Gasteiger partial charge in [-0.2, -0.15) is 0 Å². The Balaban J connectivity index is 1.98. The first-order valence-electron chi connectivity index (χ1n) is 6.12. The smallest absolute Gasteiger partial charge is 0.226 e. The number of rotatable bonds is 2. The lowest BCUT2D eigenvalue weighted by Crippen LogP contribution is -2.25. The Bertz CT molecular complexity index is 602. The number of fused-ring (bicyclic) bond motifs is 1. The second-order valence-electron chi connectivity index (χ2n) is 4.38. The molecule has 19 heavy (non-hydrogen) atoms. The van der Waals surface area contributed by atoms with Gasteiger partial charge in [-0.3, -0.25) is 0 Å². The summed E-state index contributed by atoms with van der Waals surface area (Å²) in [6, 6.07) is 3.70. The average molecular weight is 391 g/mol. The van der Waals surface area contributed by atoms with Crippen molar-refractivity contribution in [3.05, 3.63) is 27.1 Å². The van der Waals surface area contributed by atoms with Crippen LogP contribution in [0.15, 0.2) is 18.5 Å². The minimum atomic E-state index is -0.219. The molecule has 0 N–H and O–H groups in total. The van der Waals surface area contributed by atoms with Crippen molar-refractivity contribution in [2.24, 2.45) is 0 Å². The number of benzene rings is 1. The summed E-state index contributed by atoms with van der Waals surface area (Å²) in [5, 5.41) is 1.48. The maximum atomic E-state index is 6.09. The second-order valence-corrected chi connectivity index (χ2v) is 5.98. The minimum absolute atomic E-state index is 0.219. The molecule has 100 valence electrons. The highest BCUT2D eigenvalue weighted by atomic mass is 127. The lowest BCUT2D eigenvalue weighted by Gasteiger charge is -2.23. The normalized spacial score (nSPS) is 19.6. The van der Waals surface area contributed by atoms with E-state index in [0.29, 0.717) is 10.9 Å². The number of ether oxygens (including phenoxy) is 2. The topological polar surface area (TPSA) is 44.2 Å². The summed E-state index contributed by atoms with van der Waals surface area (Å²) in [6.45, 7) is 0.742. The third kappa shape index (κ3) is 2.93. The van der Waals surface area contributed by atoms with Gasteiger partial charge in [-0.05, 0) is 47.6 Å². The summed E-state index contributed by atoms with van der Waals surface area (Å²) in [5.41, 5.74) is 0.853. The molecule has 1 atom stereocenters. The zero-order chi connectivity index (χ0) is 13.2. The maximum absolute atomic E-state index is 6.09. The van der Waals surface area contributed by atoms with Gasteiger partial charge in [-0.25, -0.2) is 9.97 Å². The maximum Gasteiger partial charge on any atom is 0.226 e. The number of nitrogens with zero attached hydrogens (tertiary/aromatic N) is 2. The predicted molar refractivity (Wildman–Crippen MR) is 81.5 cm³/mol. The van der Waals surface area contributed by atoms with Crippen molar-refractivity contribution in [2.45, 2.75) is 25.6 Å². The van der Waals surface area contributed by atoms with E-state index in [2.05, 4.69) is 32.6 Å². The molecule has 1 aromatic heterocycles. The van der Waals surface area contributed by atoms with Crippen LogP contribution in [0.5, 0.6) is 5.88 Å². The summed E-state index contributed by atoms with van der Waals surface area (Å²) in [4.78, 5) is 8.49. The van der Waals surface area contributed by atoms with Crippen LogP contribution in [0.2, 0.25) is 5.02 Å². The van der Waals surface area contributed by atoms with E-state index in [9.17, 15) is 0 Å². The van der Waals surface area contributed by atoms with Crippen LogP contribution in [0.3, 0.4) is 0 Å². The molecule has 0 bridgehead atoms. The molecule has 1 saturated heterocycles. The second kappa shape index (κ2) is 5.76. The number of halogens is 2. The SMILES string of the molecule is Clc1cc(I)c2ncnc(OC3CCCCO3)c2c1. The third-order valence-corrected chi connectivity index (χ3v) is 4.04. The van der Waals surface area contributed by atoms with Crippen LogP contribution in [-0.4, -0.2) is 22.9 Å². The molecule has 6 heteroatoms. The van der Waals surface area contributed by atoms with Crippen LogP contribution in [0.4, 0.5) is 0 Å². The van der Waals surface area contributed by atoms with E-state index in [4.69, 9.17) is 21.1 Å². The van der Waals surface area contributed by atoms with E-state index in [1.54, 1.807) is 0 Å². The molecule has 1 aliphatic heterocycles. The summed E-state index contributed by atoms with van der Waals surface area (Å²) in [5.74, 6) is 0.539. The molecule has 0 radical (unpaired) electrons. The molecular formula is C13H12ClIN2O2. The Morgan fingerprint density at radius 3 is 3.00 bits per heavy atom. The lowest BCUT2D eigenvalue weighted by atomic mass is 10.2. The van der Waals surface area contributed by atoms with E-state index in [1.807, 2.05) is 12.1 Å². The highest BCUT2D eigenvalue weighted by Gasteiger charge is 2.18. The molecule has 1 fully saturated rings. The molecule has 0 aliphatic carbocycles. The fraction of sp³-hybridized carbons (Fsp3) is 0.385. The van der Waals surface area contributed by atoms with E-state index in [-0.39, 0.29) is 6.29 Å². The van der Waals surface area contributed by atoms with Gasteiger partial charge in [0.2, 0.25) is 12.2 Å². The van der Waals surface area contributed by atoms with Crippen molar-refractivity contribution in [3.8, 4) is 5.88 Å². The quantitative estimate of drug-likeness (QED) is 0.732. The molecule has 4 nitrogen and oxygen atoms in total. The van der Waals surface area contributed by atoms with Crippen LogP contribution in [0.1, 0.15) is 19.3 Å². The molecule has 0 spiro atoms. The number of hydrogen-bond acceptors (Lipinski definition) is 4. The van der Waals surface area contributed by atoms with Crippen LogP contribution >= 0.6 is 34.2 Å². The zero-order valence-electron chi connectivity index (χ0n) is 10.1. The summed E-state index contributed by atoms with van der Waals surface area (Å²) in [7, 11) is 0. The molecule has 3 rings (SSSR count). The Morgan fingerprint density at radius 1 is 1.32 bits per heavy atom. The Morgan fingerprint density at radius 2 is 2.21 bits per heavy atom. The summed E-state index contributed by atoms with van der Waals surface area (Å²) >= 11 is 8.30. The summed E-state index contributed by atoms with van der Waals surface area (Å²) in [6.07, 6.45) is 4.39. The Hall–Kier alpha value is -0.660. The van der Waals surface area contributed by atoms with Crippen LogP contribution < -0.4 is 4.74 Å². The average Bonchev–Trinajstić information content (AvgIpc) is 2.41. The van der Waals surface area contributed by atoms with Crippen LogP contribution in [0.25, 0.3) is 10.9 Å².